The number of hydrogen-bond acceptors (Lipinski definition) is 10. The smallest absolute Gasteiger partial charge is 0.253 e. The number of aliphatic imine (C=N–C) groups is 1. The molecule has 202 valence electrons. The lowest BCUT2D eigenvalue weighted by atomic mass is 9.86. The first-order valence-corrected chi connectivity index (χ1v) is 12.7. The van der Waals surface area contributed by atoms with Gasteiger partial charge in [-0.3, -0.25) is 14.8 Å². The van der Waals surface area contributed by atoms with Crippen LogP contribution < -0.4 is 5.32 Å². The number of pyridine rings is 1. The van der Waals surface area contributed by atoms with Crippen LogP contribution in [-0.2, 0) is 27.4 Å². The van der Waals surface area contributed by atoms with E-state index in [-0.39, 0.29) is 24.5 Å². The normalized spacial score (nSPS) is 18.4. The highest BCUT2D eigenvalue weighted by Crippen LogP contribution is 2.29. The van der Waals surface area contributed by atoms with Gasteiger partial charge in [0, 0.05) is 50.2 Å². The predicted molar refractivity (Wildman–Crippen MR) is 144 cm³/mol. The molecule has 2 aliphatic heterocycles. The molecule has 5 rings (SSSR count). The lowest BCUT2D eigenvalue weighted by Gasteiger charge is -2.20. The third kappa shape index (κ3) is 5.94. The van der Waals surface area contributed by atoms with E-state index in [1.54, 1.807) is 32.5 Å². The molecule has 3 aromatic rings. The van der Waals surface area contributed by atoms with E-state index in [0.29, 0.717) is 54.8 Å². The third-order valence-corrected chi connectivity index (χ3v) is 6.38. The van der Waals surface area contributed by atoms with E-state index >= 15 is 0 Å². The minimum Gasteiger partial charge on any atom is -0.471 e. The molecule has 0 fully saturated rings. The molecule has 0 radical (unpaired) electrons. The van der Waals surface area contributed by atoms with Gasteiger partial charge in [0.15, 0.2) is 5.76 Å². The van der Waals surface area contributed by atoms with Crippen molar-refractivity contribution >= 4 is 23.2 Å². The number of carbonyl (C=O) groups is 1. The minimum atomic E-state index is -0.202. The van der Waals surface area contributed by atoms with Crippen molar-refractivity contribution in [3.8, 4) is 0 Å². The van der Waals surface area contributed by atoms with E-state index in [4.69, 9.17) is 23.7 Å². The topological polar surface area (TPSA) is 133 Å². The molecular weight excluding hydrogens is 500 g/mol. The fourth-order valence-corrected chi connectivity index (χ4v) is 4.55. The average molecular weight is 531 g/mol. The molecule has 0 spiro atoms. The van der Waals surface area contributed by atoms with Gasteiger partial charge >= 0.3 is 0 Å². The van der Waals surface area contributed by atoms with E-state index in [1.165, 1.54) is 0 Å². The van der Waals surface area contributed by atoms with Crippen LogP contribution in [0.5, 0.6) is 0 Å². The van der Waals surface area contributed by atoms with Crippen LogP contribution in [0.1, 0.15) is 52.0 Å². The SMILES string of the molecule is COCc1cc(C2=NN=C3c4ccccc4/C(OCc4ccc(C(=O)NC(C)COC)cn4)=N\CCC23)no1. The Balaban J connectivity index is 1.29. The van der Waals surface area contributed by atoms with Gasteiger partial charge in [-0.05, 0) is 31.5 Å². The van der Waals surface area contributed by atoms with Crippen molar-refractivity contribution in [3.05, 3.63) is 82.5 Å². The number of aromatic nitrogens is 2. The summed E-state index contributed by atoms with van der Waals surface area (Å²) >= 11 is 0. The van der Waals surface area contributed by atoms with Crippen molar-refractivity contribution < 1.29 is 23.5 Å². The summed E-state index contributed by atoms with van der Waals surface area (Å²) in [5.74, 6) is 0.878. The number of fused-ring (bicyclic) bond motifs is 3. The van der Waals surface area contributed by atoms with E-state index in [1.807, 2.05) is 37.3 Å². The van der Waals surface area contributed by atoms with Crippen LogP contribution in [0.4, 0.5) is 0 Å². The number of methoxy groups -OCH3 is 2. The zero-order chi connectivity index (χ0) is 27.2. The van der Waals surface area contributed by atoms with Crippen LogP contribution in [0.2, 0.25) is 0 Å². The quantitative estimate of drug-likeness (QED) is 0.449. The summed E-state index contributed by atoms with van der Waals surface area (Å²) in [4.78, 5) is 21.6. The Bertz CT molecular complexity index is 1410. The van der Waals surface area contributed by atoms with E-state index < -0.39 is 0 Å². The van der Waals surface area contributed by atoms with E-state index in [0.717, 1.165) is 22.6 Å². The molecule has 2 unspecified atom stereocenters. The number of nitrogens with one attached hydrogen (secondary N) is 1. The van der Waals surface area contributed by atoms with Gasteiger partial charge in [-0.15, -0.1) is 0 Å². The molecule has 39 heavy (non-hydrogen) atoms. The van der Waals surface area contributed by atoms with E-state index in [2.05, 4.69) is 25.7 Å². The van der Waals surface area contributed by atoms with Crippen LogP contribution in [0.3, 0.4) is 0 Å². The molecule has 11 nitrogen and oxygen atoms in total. The number of ether oxygens (including phenoxy) is 3. The fourth-order valence-electron chi connectivity index (χ4n) is 4.55. The lowest BCUT2D eigenvalue weighted by Crippen LogP contribution is -2.35. The van der Waals surface area contributed by atoms with Crippen LogP contribution in [-0.4, -0.2) is 66.8 Å². The Morgan fingerprint density at radius 2 is 1.90 bits per heavy atom. The van der Waals surface area contributed by atoms with Crippen molar-refractivity contribution in [3.63, 3.8) is 0 Å². The van der Waals surface area contributed by atoms with Gasteiger partial charge in [0.05, 0.1) is 29.5 Å². The Hall–Kier alpha value is -4.22. The van der Waals surface area contributed by atoms with Gasteiger partial charge in [0.2, 0.25) is 5.90 Å². The minimum absolute atomic E-state index is 0.0658. The van der Waals surface area contributed by atoms with Gasteiger partial charge < -0.3 is 24.1 Å². The molecule has 0 saturated heterocycles. The van der Waals surface area contributed by atoms with Crippen LogP contribution in [0, 0.1) is 5.92 Å². The molecule has 1 aromatic carbocycles. The molecule has 1 amide bonds. The largest absolute Gasteiger partial charge is 0.471 e. The number of carbonyl (C=O) groups excluding carboxylic acids is 1. The molecule has 1 N–H and O–H groups in total. The summed E-state index contributed by atoms with van der Waals surface area (Å²) in [7, 11) is 3.20. The summed E-state index contributed by atoms with van der Waals surface area (Å²) in [6.07, 6.45) is 2.23. The molecular formula is C28H30N6O5. The maximum absolute atomic E-state index is 12.4. The zero-order valence-electron chi connectivity index (χ0n) is 22.1. The van der Waals surface area contributed by atoms with Crippen LogP contribution >= 0.6 is 0 Å². The summed E-state index contributed by atoms with van der Waals surface area (Å²) < 4.78 is 21.7. The molecule has 0 bridgehead atoms. The van der Waals surface area contributed by atoms with Crippen LogP contribution in [0.25, 0.3) is 0 Å². The molecule has 2 aromatic heterocycles. The molecule has 0 aliphatic carbocycles. The average Bonchev–Trinajstić information content (AvgIpc) is 3.57. The second-order valence-corrected chi connectivity index (χ2v) is 9.31. The van der Waals surface area contributed by atoms with Gasteiger partial charge in [0.1, 0.15) is 24.6 Å². The second-order valence-electron chi connectivity index (χ2n) is 9.31. The maximum Gasteiger partial charge on any atom is 0.253 e. The van der Waals surface area contributed by atoms with Gasteiger partial charge in [-0.2, -0.15) is 10.2 Å². The van der Waals surface area contributed by atoms with Crippen molar-refractivity contribution in [2.75, 3.05) is 27.4 Å². The summed E-state index contributed by atoms with van der Waals surface area (Å²) in [5.41, 5.74) is 5.16. The number of amides is 1. The maximum atomic E-state index is 12.4. The third-order valence-electron chi connectivity index (χ3n) is 6.38. The Kier molecular flexibility index (Phi) is 8.18. The van der Waals surface area contributed by atoms with Crippen LogP contribution in [0.15, 0.2) is 68.4 Å². The van der Waals surface area contributed by atoms with Crippen molar-refractivity contribution in [1.82, 2.24) is 15.5 Å². The Morgan fingerprint density at radius 3 is 2.67 bits per heavy atom. The Labute approximate surface area is 226 Å². The number of benzene rings is 1. The molecule has 11 heteroatoms. The van der Waals surface area contributed by atoms with Crippen molar-refractivity contribution in [2.24, 2.45) is 21.1 Å². The molecule has 2 aliphatic rings. The monoisotopic (exact) mass is 530 g/mol. The van der Waals surface area contributed by atoms with E-state index in [9.17, 15) is 4.79 Å². The van der Waals surface area contributed by atoms with Gasteiger partial charge in [-0.1, -0.05) is 23.4 Å². The van der Waals surface area contributed by atoms with Crippen molar-refractivity contribution in [2.45, 2.75) is 32.6 Å². The summed E-state index contributed by atoms with van der Waals surface area (Å²) in [6, 6.07) is 13.1. The summed E-state index contributed by atoms with van der Waals surface area (Å²) in [6.45, 7) is 3.37. The fraction of sp³-hybridized carbons (Fsp3) is 0.357. The molecule has 0 saturated carbocycles. The highest BCUT2D eigenvalue weighted by atomic mass is 16.5. The number of hydrogen-bond donors (Lipinski definition) is 1. The molecule has 4 heterocycles. The predicted octanol–water partition coefficient (Wildman–Crippen LogP) is 3.17. The van der Waals surface area contributed by atoms with Gasteiger partial charge in [-0.25, -0.2) is 0 Å². The van der Waals surface area contributed by atoms with Gasteiger partial charge in [0.25, 0.3) is 5.91 Å². The lowest BCUT2D eigenvalue weighted by molar-refractivity contribution is 0.0905. The van der Waals surface area contributed by atoms with Crippen molar-refractivity contribution in [1.29, 1.82) is 0 Å². The summed E-state index contributed by atoms with van der Waals surface area (Å²) in [5, 5.41) is 16.1. The molecule has 2 atom stereocenters. The Morgan fingerprint density at radius 1 is 1.08 bits per heavy atom. The first kappa shape index (κ1) is 26.4. The second kappa shape index (κ2) is 12.1. The standard InChI is InChI=1S/C28H30N6O5/c1-17(14-36-2)31-27(35)18-8-9-19(30-13-18)15-38-28-22-7-5-4-6-21(22)25-23(10-11-29-28)26(33-32-25)24-12-20(16-37-3)39-34-24/h4-9,12-13,17,23H,10-11,14-16H2,1-3H3,(H,31,35)/b29-28+. The number of rotatable bonds is 9. The number of nitrogens with zero attached hydrogens (tertiary/aromatic N) is 5. The zero-order valence-corrected chi connectivity index (χ0v) is 22.1. The first-order valence-electron chi connectivity index (χ1n) is 12.7. The highest BCUT2D eigenvalue weighted by molar-refractivity contribution is 6.24. The first-order chi connectivity index (χ1) is 19.1. The highest BCUT2D eigenvalue weighted by Gasteiger charge is 2.34.